The Labute approximate surface area is 151 Å². The summed E-state index contributed by atoms with van der Waals surface area (Å²) in [4.78, 5) is 0. The van der Waals surface area contributed by atoms with Crippen LogP contribution in [0.25, 0.3) is 0 Å². The molecule has 0 saturated heterocycles. The van der Waals surface area contributed by atoms with Gasteiger partial charge in [-0.3, -0.25) is 0 Å². The van der Waals surface area contributed by atoms with Crippen LogP contribution in [0.3, 0.4) is 0 Å². The Hall–Kier alpha value is -1.02. The highest BCUT2D eigenvalue weighted by Crippen LogP contribution is 2.36. The van der Waals surface area contributed by atoms with Gasteiger partial charge >= 0.3 is 0 Å². The monoisotopic (exact) mass is 336 g/mol. The summed E-state index contributed by atoms with van der Waals surface area (Å²) >= 11 is 0. The minimum absolute atomic E-state index is 0.202. The Morgan fingerprint density at radius 3 is 2.08 bits per heavy atom. The maximum atomic E-state index is 6.12. The Morgan fingerprint density at radius 2 is 1.62 bits per heavy atom. The molecule has 0 unspecified atom stereocenters. The average molecular weight is 337 g/mol. The fourth-order valence-corrected chi connectivity index (χ4v) is 2.96. The molecule has 0 rings (SSSR count). The van der Waals surface area contributed by atoms with Crippen molar-refractivity contribution < 1.29 is 9.47 Å². The van der Waals surface area contributed by atoms with Gasteiger partial charge in [-0.15, -0.1) is 0 Å². The van der Waals surface area contributed by atoms with Crippen LogP contribution in [-0.4, -0.2) is 18.3 Å². The molecule has 0 heterocycles. The molecule has 0 N–H and O–H groups in total. The molecule has 0 aromatic carbocycles. The topological polar surface area (TPSA) is 18.5 Å². The zero-order valence-electron chi connectivity index (χ0n) is 17.5. The van der Waals surface area contributed by atoms with Gasteiger partial charge in [0.05, 0.1) is 12.7 Å². The van der Waals surface area contributed by atoms with Gasteiger partial charge in [-0.1, -0.05) is 53.3 Å². The molecule has 0 amide bonds. The molecule has 0 aliphatic carbocycles. The first-order valence-corrected chi connectivity index (χ1v) is 9.06. The largest absolute Gasteiger partial charge is 0.485 e. The van der Waals surface area contributed by atoms with E-state index >= 15 is 0 Å². The zero-order valence-corrected chi connectivity index (χ0v) is 17.5. The third kappa shape index (κ3) is 12.4. The summed E-state index contributed by atoms with van der Waals surface area (Å²) in [6, 6.07) is 0. The maximum Gasteiger partial charge on any atom is 0.127 e. The third-order valence-corrected chi connectivity index (χ3v) is 3.40. The molecule has 24 heavy (non-hydrogen) atoms. The molecule has 140 valence electrons. The highest BCUT2D eigenvalue weighted by molar-refractivity contribution is 5.18. The van der Waals surface area contributed by atoms with Crippen LogP contribution in [0, 0.1) is 10.8 Å². The van der Waals surface area contributed by atoms with Crippen LogP contribution in [0.1, 0.15) is 75.2 Å². The smallest absolute Gasteiger partial charge is 0.127 e. The molecule has 0 aliphatic heterocycles. The van der Waals surface area contributed by atoms with Crippen LogP contribution in [0.5, 0.6) is 0 Å². The van der Waals surface area contributed by atoms with Gasteiger partial charge < -0.3 is 9.47 Å². The fraction of sp³-hybridized carbons (Fsp3) is 0.727. The first-order chi connectivity index (χ1) is 10.8. The Balaban J connectivity index is 4.80. The minimum atomic E-state index is -0.371. The van der Waals surface area contributed by atoms with E-state index in [1.54, 1.807) is 6.08 Å². The van der Waals surface area contributed by atoms with E-state index in [1.807, 2.05) is 33.8 Å². The van der Waals surface area contributed by atoms with E-state index in [0.717, 1.165) is 12.2 Å². The summed E-state index contributed by atoms with van der Waals surface area (Å²) in [5.41, 5.74) is 0.235. The molecule has 0 bridgehead atoms. The van der Waals surface area contributed by atoms with Gasteiger partial charge in [0.1, 0.15) is 11.4 Å². The summed E-state index contributed by atoms with van der Waals surface area (Å²) in [6.45, 7) is 24.0. The lowest BCUT2D eigenvalue weighted by molar-refractivity contribution is -0.0571. The second-order valence-corrected chi connectivity index (χ2v) is 9.53. The van der Waals surface area contributed by atoms with E-state index in [4.69, 9.17) is 9.47 Å². The zero-order chi connectivity index (χ0) is 19.0. The standard InChI is InChI=1S/C22H40O2/c1-11-13-19(24-22(9,10)17-23-18(2)3)14-12-15-21(7,8)16-20(4,5)6/h11-14,18H,1,15-17H2,2-10H3/b14-12-,19-13+. The summed E-state index contributed by atoms with van der Waals surface area (Å²) < 4.78 is 11.8. The van der Waals surface area contributed by atoms with Crippen LogP contribution in [0.15, 0.2) is 36.6 Å². The second kappa shape index (κ2) is 9.46. The van der Waals surface area contributed by atoms with Gasteiger partial charge in [0.2, 0.25) is 0 Å². The molecular weight excluding hydrogens is 296 g/mol. The summed E-state index contributed by atoms with van der Waals surface area (Å²) in [5.74, 6) is 0.828. The van der Waals surface area contributed by atoms with Crippen molar-refractivity contribution >= 4 is 0 Å². The SMILES string of the molecule is C=C/C=C(\C=C/CC(C)(C)CC(C)(C)C)OC(C)(C)COC(C)C. The molecule has 0 saturated carbocycles. The Bertz CT molecular complexity index is 431. The van der Waals surface area contributed by atoms with Crippen LogP contribution in [0.2, 0.25) is 0 Å². The normalized spacial score (nSPS) is 14.5. The molecule has 0 aromatic rings. The molecule has 2 heteroatoms. The second-order valence-electron chi connectivity index (χ2n) is 9.53. The molecule has 0 spiro atoms. The van der Waals surface area contributed by atoms with Gasteiger partial charge in [-0.25, -0.2) is 0 Å². The average Bonchev–Trinajstić information content (AvgIpc) is 2.33. The number of hydrogen-bond acceptors (Lipinski definition) is 2. The number of rotatable bonds is 10. The van der Waals surface area contributed by atoms with Crippen molar-refractivity contribution in [3.05, 3.63) is 36.6 Å². The predicted octanol–water partition coefficient (Wildman–Crippen LogP) is 6.69. The third-order valence-electron chi connectivity index (χ3n) is 3.40. The molecule has 0 aromatic heterocycles. The Morgan fingerprint density at radius 1 is 1.04 bits per heavy atom. The number of allylic oxidation sites excluding steroid dienone is 4. The highest BCUT2D eigenvalue weighted by atomic mass is 16.5. The first-order valence-electron chi connectivity index (χ1n) is 9.06. The van der Waals surface area contributed by atoms with E-state index in [9.17, 15) is 0 Å². The van der Waals surface area contributed by atoms with Gasteiger partial charge in [-0.2, -0.15) is 0 Å². The molecule has 0 aliphatic rings. The molecule has 0 fully saturated rings. The van der Waals surface area contributed by atoms with E-state index in [0.29, 0.717) is 12.0 Å². The van der Waals surface area contributed by atoms with Crippen molar-refractivity contribution in [1.29, 1.82) is 0 Å². The van der Waals surface area contributed by atoms with Crippen LogP contribution in [-0.2, 0) is 9.47 Å². The number of ether oxygens (including phenoxy) is 2. The fourth-order valence-electron chi connectivity index (χ4n) is 2.96. The van der Waals surface area contributed by atoms with Crippen LogP contribution in [0.4, 0.5) is 0 Å². The van der Waals surface area contributed by atoms with Crippen molar-refractivity contribution in [2.45, 2.75) is 86.9 Å². The van der Waals surface area contributed by atoms with E-state index in [-0.39, 0.29) is 17.1 Å². The summed E-state index contributed by atoms with van der Waals surface area (Å²) in [7, 11) is 0. The highest BCUT2D eigenvalue weighted by Gasteiger charge is 2.24. The maximum absolute atomic E-state index is 6.12. The van der Waals surface area contributed by atoms with Gasteiger partial charge in [-0.05, 0) is 63.5 Å². The lowest BCUT2D eigenvalue weighted by atomic mass is 9.74. The van der Waals surface area contributed by atoms with Crippen molar-refractivity contribution in [2.75, 3.05) is 6.61 Å². The van der Waals surface area contributed by atoms with Gasteiger partial charge in [0.25, 0.3) is 0 Å². The van der Waals surface area contributed by atoms with Gasteiger partial charge in [0.15, 0.2) is 0 Å². The van der Waals surface area contributed by atoms with Gasteiger partial charge in [0, 0.05) is 0 Å². The minimum Gasteiger partial charge on any atom is -0.485 e. The van der Waals surface area contributed by atoms with E-state index in [1.165, 1.54) is 6.42 Å². The van der Waals surface area contributed by atoms with E-state index < -0.39 is 0 Å². The van der Waals surface area contributed by atoms with E-state index in [2.05, 4.69) is 53.3 Å². The van der Waals surface area contributed by atoms with Crippen molar-refractivity contribution in [1.82, 2.24) is 0 Å². The van der Waals surface area contributed by atoms with Crippen molar-refractivity contribution in [3.8, 4) is 0 Å². The molecular formula is C22H40O2. The number of hydrogen-bond donors (Lipinski definition) is 0. The lowest BCUT2D eigenvalue weighted by Crippen LogP contribution is -2.31. The van der Waals surface area contributed by atoms with Crippen molar-refractivity contribution in [2.24, 2.45) is 10.8 Å². The molecule has 2 nitrogen and oxygen atoms in total. The first kappa shape index (κ1) is 23.0. The lowest BCUT2D eigenvalue weighted by Gasteiger charge is -2.31. The summed E-state index contributed by atoms with van der Waals surface area (Å²) in [5, 5.41) is 0. The quantitative estimate of drug-likeness (QED) is 0.327. The van der Waals surface area contributed by atoms with Crippen molar-refractivity contribution in [3.63, 3.8) is 0 Å². The van der Waals surface area contributed by atoms with Crippen LogP contribution >= 0.6 is 0 Å². The Kier molecular flexibility index (Phi) is 9.06. The summed E-state index contributed by atoms with van der Waals surface area (Å²) in [6.07, 6.45) is 10.3. The molecule has 0 atom stereocenters. The predicted molar refractivity (Wildman–Crippen MR) is 106 cm³/mol. The van der Waals surface area contributed by atoms with Crippen LogP contribution < -0.4 is 0 Å². The molecule has 0 radical (unpaired) electrons.